The van der Waals surface area contributed by atoms with Crippen LogP contribution in [0.4, 0.5) is 0 Å². The average molecular weight is 384 g/mol. The fourth-order valence-electron chi connectivity index (χ4n) is 1.95. The second-order valence-electron chi connectivity index (χ2n) is 4.24. The summed E-state index contributed by atoms with van der Waals surface area (Å²) >= 11 is 6.82. The molecule has 0 atom stereocenters. The van der Waals surface area contributed by atoms with Crippen molar-refractivity contribution in [2.24, 2.45) is 0 Å². The van der Waals surface area contributed by atoms with Crippen LogP contribution in [0.2, 0.25) is 0 Å². The van der Waals surface area contributed by atoms with Crippen LogP contribution in [0.25, 0.3) is 0 Å². The van der Waals surface area contributed by atoms with Crippen molar-refractivity contribution in [1.82, 2.24) is 0 Å². The van der Waals surface area contributed by atoms with Crippen LogP contribution in [0.1, 0.15) is 21.5 Å². The van der Waals surface area contributed by atoms with E-state index in [1.165, 1.54) is 5.56 Å². The van der Waals surface area contributed by atoms with E-state index in [0.717, 1.165) is 20.9 Å². The lowest BCUT2D eigenvalue weighted by atomic mass is 10.00. The minimum absolute atomic E-state index is 0.373. The molecule has 0 aliphatic rings. The van der Waals surface area contributed by atoms with Gasteiger partial charge in [0.05, 0.1) is 5.56 Å². The molecule has 0 aromatic heterocycles. The number of carbonyl (C=O) groups is 1. The lowest BCUT2D eigenvalue weighted by molar-refractivity contribution is 0.0695. The number of benzene rings is 2. The van der Waals surface area contributed by atoms with Gasteiger partial charge in [-0.1, -0.05) is 44.0 Å². The zero-order valence-corrected chi connectivity index (χ0v) is 13.2. The number of carboxylic acids is 1. The number of halogens is 2. The Hall–Kier alpha value is -1.13. The van der Waals surface area contributed by atoms with Gasteiger partial charge in [0.25, 0.3) is 0 Å². The number of hydrogen-bond acceptors (Lipinski definition) is 1. The average Bonchev–Trinajstić information content (AvgIpc) is 2.36. The molecule has 0 bridgehead atoms. The van der Waals surface area contributed by atoms with E-state index in [1.54, 1.807) is 12.1 Å². The van der Waals surface area contributed by atoms with Crippen molar-refractivity contribution in [2.75, 3.05) is 0 Å². The maximum absolute atomic E-state index is 11.2. The molecule has 0 amide bonds. The number of aryl methyl sites for hydroxylation is 2. The van der Waals surface area contributed by atoms with Gasteiger partial charge < -0.3 is 5.11 Å². The van der Waals surface area contributed by atoms with Crippen LogP contribution in [-0.2, 0) is 12.8 Å². The van der Waals surface area contributed by atoms with E-state index in [-0.39, 0.29) is 0 Å². The third-order valence-corrected chi connectivity index (χ3v) is 3.86. The molecule has 0 saturated heterocycles. The van der Waals surface area contributed by atoms with E-state index in [2.05, 4.69) is 37.9 Å². The molecule has 4 heteroatoms. The van der Waals surface area contributed by atoms with Crippen LogP contribution >= 0.6 is 31.9 Å². The van der Waals surface area contributed by atoms with Gasteiger partial charge in [-0.05, 0) is 54.3 Å². The highest BCUT2D eigenvalue weighted by molar-refractivity contribution is 9.10. The Morgan fingerprint density at radius 1 is 1.00 bits per heavy atom. The second kappa shape index (κ2) is 6.35. The van der Waals surface area contributed by atoms with E-state index < -0.39 is 5.97 Å². The fraction of sp³-hybridized carbons (Fsp3) is 0.133. The molecule has 0 spiro atoms. The van der Waals surface area contributed by atoms with Crippen molar-refractivity contribution in [3.8, 4) is 0 Å². The lowest BCUT2D eigenvalue weighted by Gasteiger charge is -2.07. The molecule has 2 nitrogen and oxygen atoms in total. The summed E-state index contributed by atoms with van der Waals surface area (Å²) in [5.74, 6) is -0.878. The quantitative estimate of drug-likeness (QED) is 0.831. The van der Waals surface area contributed by atoms with E-state index in [0.29, 0.717) is 12.0 Å². The highest BCUT2D eigenvalue weighted by Gasteiger charge is 2.10. The lowest BCUT2D eigenvalue weighted by Crippen LogP contribution is -2.03. The molecule has 2 aromatic rings. The summed E-state index contributed by atoms with van der Waals surface area (Å²) in [5.41, 5.74) is 2.41. The summed E-state index contributed by atoms with van der Waals surface area (Å²) in [4.78, 5) is 11.2. The molecule has 0 aliphatic heterocycles. The van der Waals surface area contributed by atoms with Gasteiger partial charge in [0, 0.05) is 8.95 Å². The Bertz CT molecular complexity index is 609. The first-order valence-electron chi connectivity index (χ1n) is 5.82. The zero-order valence-electron chi connectivity index (χ0n) is 10.1. The summed E-state index contributed by atoms with van der Waals surface area (Å²) in [6.07, 6.45) is 1.52. The van der Waals surface area contributed by atoms with Gasteiger partial charge in [-0.3, -0.25) is 0 Å². The van der Waals surface area contributed by atoms with E-state index in [9.17, 15) is 9.90 Å². The van der Waals surface area contributed by atoms with Crippen molar-refractivity contribution in [1.29, 1.82) is 0 Å². The summed E-state index contributed by atoms with van der Waals surface area (Å²) in [5, 5.41) is 9.18. The molecular weight excluding hydrogens is 372 g/mol. The van der Waals surface area contributed by atoms with Gasteiger partial charge in [-0.15, -0.1) is 0 Å². The van der Waals surface area contributed by atoms with Gasteiger partial charge in [0.15, 0.2) is 0 Å². The summed E-state index contributed by atoms with van der Waals surface area (Å²) < 4.78 is 1.94. The zero-order chi connectivity index (χ0) is 13.8. The molecule has 2 rings (SSSR count). The third kappa shape index (κ3) is 3.91. The molecule has 0 radical (unpaired) electrons. The molecule has 2 aromatic carbocycles. The maximum atomic E-state index is 11.2. The first-order valence-corrected chi connectivity index (χ1v) is 7.41. The summed E-state index contributed by atoms with van der Waals surface area (Å²) in [6.45, 7) is 0. The van der Waals surface area contributed by atoms with Gasteiger partial charge in [-0.25, -0.2) is 4.79 Å². The monoisotopic (exact) mass is 382 g/mol. The molecule has 0 unspecified atom stereocenters. The van der Waals surface area contributed by atoms with E-state index in [4.69, 9.17) is 0 Å². The predicted octanol–water partition coefficient (Wildman–Crippen LogP) is 4.70. The number of rotatable bonds is 4. The van der Waals surface area contributed by atoms with Crippen molar-refractivity contribution in [2.45, 2.75) is 12.8 Å². The first kappa shape index (κ1) is 14.3. The van der Waals surface area contributed by atoms with E-state index >= 15 is 0 Å². The minimum Gasteiger partial charge on any atom is -0.478 e. The Labute approximate surface area is 128 Å². The van der Waals surface area contributed by atoms with Crippen LogP contribution in [0.5, 0.6) is 0 Å². The summed E-state index contributed by atoms with van der Waals surface area (Å²) in [7, 11) is 0. The second-order valence-corrected chi connectivity index (χ2v) is 6.07. The Morgan fingerprint density at radius 3 is 2.42 bits per heavy atom. The molecule has 0 fully saturated rings. The molecule has 0 aliphatic carbocycles. The minimum atomic E-state index is -0.878. The Balaban J connectivity index is 2.19. The van der Waals surface area contributed by atoms with Crippen molar-refractivity contribution in [3.63, 3.8) is 0 Å². The highest BCUT2D eigenvalue weighted by atomic mass is 79.9. The molecular formula is C15H12Br2O2. The van der Waals surface area contributed by atoms with Crippen LogP contribution in [0.15, 0.2) is 51.4 Å². The number of aromatic carboxylic acids is 1. The number of hydrogen-bond donors (Lipinski definition) is 1. The topological polar surface area (TPSA) is 37.3 Å². The third-order valence-electron chi connectivity index (χ3n) is 2.87. The smallest absolute Gasteiger partial charge is 0.335 e. The van der Waals surface area contributed by atoms with Crippen LogP contribution < -0.4 is 0 Å². The van der Waals surface area contributed by atoms with Crippen molar-refractivity contribution >= 4 is 37.8 Å². The van der Waals surface area contributed by atoms with Gasteiger partial charge >= 0.3 is 5.97 Å². The van der Waals surface area contributed by atoms with Crippen molar-refractivity contribution in [3.05, 3.63) is 68.1 Å². The van der Waals surface area contributed by atoms with Crippen molar-refractivity contribution < 1.29 is 9.90 Å². The Kier molecular flexibility index (Phi) is 4.77. The highest BCUT2D eigenvalue weighted by Crippen LogP contribution is 2.20. The largest absolute Gasteiger partial charge is 0.478 e. The Morgan fingerprint density at radius 2 is 1.74 bits per heavy atom. The molecule has 19 heavy (non-hydrogen) atoms. The summed E-state index contributed by atoms with van der Waals surface area (Å²) in [6, 6.07) is 13.3. The van der Waals surface area contributed by atoms with Gasteiger partial charge in [0.2, 0.25) is 0 Å². The molecule has 98 valence electrons. The van der Waals surface area contributed by atoms with Gasteiger partial charge in [0.1, 0.15) is 0 Å². The normalized spacial score (nSPS) is 10.4. The predicted molar refractivity (Wildman–Crippen MR) is 82.7 cm³/mol. The first-order chi connectivity index (χ1) is 9.06. The SMILES string of the molecule is O=C(O)c1ccc(Br)cc1CCc1cccc(Br)c1. The van der Waals surface area contributed by atoms with Crippen LogP contribution in [0.3, 0.4) is 0 Å². The number of carboxylic acid groups (broad SMARTS) is 1. The molecule has 1 N–H and O–H groups in total. The molecule has 0 saturated carbocycles. The van der Waals surface area contributed by atoms with Gasteiger partial charge in [-0.2, -0.15) is 0 Å². The standard InChI is InChI=1S/C15H12Br2O2/c16-12-3-1-2-10(8-12)4-5-11-9-13(17)6-7-14(11)15(18)19/h1-3,6-9H,4-5H2,(H,18,19). The van der Waals surface area contributed by atoms with Crippen LogP contribution in [0, 0.1) is 0 Å². The van der Waals surface area contributed by atoms with Crippen LogP contribution in [-0.4, -0.2) is 11.1 Å². The molecule has 0 heterocycles. The van der Waals surface area contributed by atoms with E-state index in [1.807, 2.05) is 24.3 Å². The maximum Gasteiger partial charge on any atom is 0.335 e. The fourth-order valence-corrected chi connectivity index (χ4v) is 2.80.